The molecule has 0 saturated carbocycles. The fourth-order valence-electron chi connectivity index (χ4n) is 6.26. The normalized spacial score (nSPS) is 13.0. The van der Waals surface area contributed by atoms with E-state index in [1.807, 2.05) is 0 Å². The Morgan fingerprint density at radius 3 is 1.29 bits per heavy atom. The minimum atomic E-state index is 0.955. The molecule has 0 aromatic heterocycles. The van der Waals surface area contributed by atoms with Crippen LogP contribution in [0.4, 0.5) is 0 Å². The van der Waals surface area contributed by atoms with Gasteiger partial charge in [0, 0.05) is 22.8 Å². The second-order valence-electron chi connectivity index (χ2n) is 13.0. The molecule has 0 radical (unpaired) electrons. The molecule has 0 saturated heterocycles. The van der Waals surface area contributed by atoms with Crippen molar-refractivity contribution in [2.24, 2.45) is 0 Å². The Bertz CT molecular complexity index is 1150. The first-order valence-electron chi connectivity index (χ1n) is 18.4. The topological polar surface area (TPSA) is 25.3 Å². The number of benzene rings is 2. The molecular formula is C42H66N2Ni. The average molecular weight is 658 g/mol. The predicted molar refractivity (Wildman–Crippen MR) is 196 cm³/mol. The number of unbranched alkanes of at least 4 members (excludes halogenated alkanes) is 9. The Hall–Kier alpha value is -1.99. The van der Waals surface area contributed by atoms with E-state index >= 15 is 0 Å². The molecular weight excluding hydrogens is 591 g/mol. The third kappa shape index (κ3) is 13.7. The second kappa shape index (κ2) is 23.4. The zero-order valence-electron chi connectivity index (χ0n) is 30.2. The van der Waals surface area contributed by atoms with Gasteiger partial charge in [-0.15, -0.1) is 0 Å². The van der Waals surface area contributed by atoms with Gasteiger partial charge in [0.05, 0.1) is 0 Å². The zero-order valence-corrected chi connectivity index (χ0v) is 31.2. The van der Waals surface area contributed by atoms with Gasteiger partial charge in [0.15, 0.2) is 0 Å². The van der Waals surface area contributed by atoms with Crippen molar-refractivity contribution in [3.05, 3.63) is 87.0 Å². The first-order chi connectivity index (χ1) is 22.0. The van der Waals surface area contributed by atoms with Crippen molar-refractivity contribution < 1.29 is 19.1 Å². The minimum absolute atomic E-state index is 0.955. The van der Waals surface area contributed by atoms with Crippen LogP contribution in [0.25, 0.3) is 16.9 Å². The van der Waals surface area contributed by atoms with Crippen LogP contribution in [0.15, 0.2) is 48.0 Å². The number of allylic oxidation sites excluding steroid dienone is 2. The predicted octanol–water partition coefficient (Wildman–Crippen LogP) is 13.8. The van der Waals surface area contributed by atoms with Crippen LogP contribution in [-0.2, 0) is 40.1 Å². The summed E-state index contributed by atoms with van der Waals surface area (Å²) in [6.07, 6.45) is 25.1. The van der Waals surface area contributed by atoms with Gasteiger partial charge in [-0.25, -0.2) is 4.70 Å². The molecule has 2 nitrogen and oxygen atoms in total. The zero-order chi connectivity index (χ0) is 32.9. The van der Waals surface area contributed by atoms with Crippen LogP contribution < -0.4 is 0 Å². The van der Waals surface area contributed by atoms with Crippen molar-refractivity contribution in [3.63, 3.8) is 0 Å². The monoisotopic (exact) mass is 656 g/mol. The van der Waals surface area contributed by atoms with Gasteiger partial charge in [-0.2, -0.15) is 0 Å². The van der Waals surface area contributed by atoms with Gasteiger partial charge >= 0.3 is 26.2 Å². The summed E-state index contributed by atoms with van der Waals surface area (Å²) in [7, 11) is 0. The van der Waals surface area contributed by atoms with Crippen LogP contribution >= 0.6 is 0 Å². The van der Waals surface area contributed by atoms with Crippen LogP contribution in [0.1, 0.15) is 164 Å². The van der Waals surface area contributed by atoms with Crippen molar-refractivity contribution in [2.75, 3.05) is 0 Å². The standard InChI is InChI=1S/C40H60N2.2CH3.Ni/c1-6-11-16-17-18-19-24-36-31-39(37-27-32(20-12-7-2)25-33(28-37)21-13-8-3)42(41)40(36)38-29-34(22-14-9-4)26-35(30-38)23-15-10-5;;;/h25-31H,6-24H2,1-5H3;2*1H3;. The Kier molecular flexibility index (Phi) is 20.3. The van der Waals surface area contributed by atoms with Crippen LogP contribution in [0.5, 0.6) is 0 Å². The summed E-state index contributed by atoms with van der Waals surface area (Å²) in [5.41, 5.74) is 23.2. The molecule has 2 aromatic carbocycles. The van der Waals surface area contributed by atoms with Crippen molar-refractivity contribution in [3.8, 4) is 0 Å². The van der Waals surface area contributed by atoms with E-state index in [0.717, 1.165) is 43.5 Å². The molecule has 2 aromatic rings. The van der Waals surface area contributed by atoms with E-state index in [-0.39, 0.29) is 0 Å². The summed E-state index contributed by atoms with van der Waals surface area (Å²) in [5, 5.41) is 0. The maximum absolute atomic E-state index is 12.0. The molecule has 0 spiro atoms. The van der Waals surface area contributed by atoms with Crippen molar-refractivity contribution >= 4 is 11.4 Å². The van der Waals surface area contributed by atoms with Crippen LogP contribution in [0, 0.1) is 0 Å². The summed E-state index contributed by atoms with van der Waals surface area (Å²) >= 11 is 1.62. The molecule has 0 unspecified atom stereocenters. The summed E-state index contributed by atoms with van der Waals surface area (Å²) in [6, 6.07) is 14.3. The molecule has 45 heavy (non-hydrogen) atoms. The first-order valence-corrected chi connectivity index (χ1v) is 20.3. The van der Waals surface area contributed by atoms with E-state index in [0.29, 0.717) is 0 Å². The number of hydrogen-bond acceptors (Lipinski definition) is 0. The maximum atomic E-state index is 12.0. The molecule has 0 atom stereocenters. The first kappa shape index (κ1) is 39.2. The summed E-state index contributed by atoms with van der Waals surface area (Å²) in [5.74, 6) is 4.12. The molecule has 0 fully saturated rings. The van der Waals surface area contributed by atoms with Gasteiger partial charge in [-0.1, -0.05) is 105 Å². The van der Waals surface area contributed by atoms with Crippen LogP contribution in [-0.4, -0.2) is 4.70 Å². The van der Waals surface area contributed by atoms with E-state index in [9.17, 15) is 5.53 Å². The van der Waals surface area contributed by atoms with Crippen molar-refractivity contribution in [1.82, 2.24) is 0 Å². The molecule has 1 heterocycles. The molecule has 1 aliphatic heterocycles. The number of aryl methyl sites for hydroxylation is 4. The van der Waals surface area contributed by atoms with Crippen molar-refractivity contribution in [2.45, 2.75) is 168 Å². The van der Waals surface area contributed by atoms with Crippen LogP contribution in [0.2, 0.25) is 11.8 Å². The number of nitrogens with zero attached hydrogens (tertiary/aromatic N) is 2. The molecule has 3 heteroatoms. The van der Waals surface area contributed by atoms with E-state index < -0.39 is 0 Å². The Labute approximate surface area is 284 Å². The SMILES string of the molecule is CCCCCCCCC1=C(c2cc(CCCC)cc(CCCC)c2)[N+](=[N-])C(c2cc(CCCC)cc(CCCC)c2)=C1.[CH3][Ni][CH3]. The van der Waals surface area contributed by atoms with E-state index in [4.69, 9.17) is 0 Å². The molecule has 0 aliphatic carbocycles. The second-order valence-corrected chi connectivity index (χ2v) is 14.0. The number of hydrogen-bond donors (Lipinski definition) is 0. The molecule has 1 aliphatic rings. The van der Waals surface area contributed by atoms with Gasteiger partial charge in [0.2, 0.25) is 11.4 Å². The third-order valence-electron chi connectivity index (χ3n) is 8.81. The van der Waals surface area contributed by atoms with Gasteiger partial charge in [0.25, 0.3) is 0 Å². The molecule has 3 rings (SSSR count). The van der Waals surface area contributed by atoms with E-state index in [1.54, 1.807) is 19.1 Å². The Morgan fingerprint density at radius 1 is 0.489 bits per heavy atom. The van der Waals surface area contributed by atoms with Crippen LogP contribution in [0.3, 0.4) is 0 Å². The summed E-state index contributed by atoms with van der Waals surface area (Å²) in [6.45, 7) is 11.4. The quantitative estimate of drug-likeness (QED) is 0.0725. The average Bonchev–Trinajstić information content (AvgIpc) is 3.38. The van der Waals surface area contributed by atoms with Gasteiger partial charge < -0.3 is 5.53 Å². The van der Waals surface area contributed by atoms with Gasteiger partial charge in [-0.05, 0) is 111 Å². The van der Waals surface area contributed by atoms with E-state index in [1.165, 1.54) is 129 Å². The fraction of sp³-hybridized carbons (Fsp3) is 0.619. The fourth-order valence-corrected chi connectivity index (χ4v) is 6.26. The Balaban J connectivity index is 0.00000226. The van der Waals surface area contributed by atoms with Gasteiger partial charge in [-0.3, -0.25) is 0 Å². The summed E-state index contributed by atoms with van der Waals surface area (Å²) < 4.78 is 1.55. The van der Waals surface area contributed by atoms with Crippen molar-refractivity contribution in [1.29, 1.82) is 0 Å². The van der Waals surface area contributed by atoms with E-state index in [2.05, 4.69) is 88.9 Å². The molecule has 0 amide bonds. The Morgan fingerprint density at radius 2 is 0.867 bits per heavy atom. The number of rotatable bonds is 21. The molecule has 0 bridgehead atoms. The third-order valence-corrected chi connectivity index (χ3v) is 8.81. The van der Waals surface area contributed by atoms with Gasteiger partial charge in [0.1, 0.15) is 0 Å². The molecule has 0 N–H and O–H groups in total. The molecule has 254 valence electrons. The summed E-state index contributed by atoms with van der Waals surface area (Å²) in [4.78, 5) is 0.